The Morgan fingerprint density at radius 2 is 2.09 bits per heavy atom. The molecule has 0 saturated heterocycles. The maximum atomic E-state index is 3.53. The van der Waals surface area contributed by atoms with Crippen LogP contribution in [-0.4, -0.2) is 38.1 Å². The first-order chi connectivity index (χ1) is 5.24. The lowest BCUT2D eigenvalue weighted by molar-refractivity contribution is 0.320. The molecule has 0 aliphatic heterocycles. The van der Waals surface area contributed by atoms with Crippen molar-refractivity contribution < 1.29 is 0 Å². The second kappa shape index (κ2) is 4.07. The van der Waals surface area contributed by atoms with Crippen molar-refractivity contribution in [1.82, 2.24) is 10.2 Å². The molecule has 11 heavy (non-hydrogen) atoms. The van der Waals surface area contributed by atoms with Gasteiger partial charge in [-0.2, -0.15) is 0 Å². The van der Waals surface area contributed by atoms with Gasteiger partial charge < -0.3 is 10.2 Å². The van der Waals surface area contributed by atoms with Gasteiger partial charge in [0.1, 0.15) is 0 Å². The molecule has 1 rings (SSSR count). The van der Waals surface area contributed by atoms with E-state index in [1.807, 2.05) is 0 Å². The Morgan fingerprint density at radius 1 is 1.45 bits per heavy atom. The Balaban J connectivity index is 2.20. The van der Waals surface area contributed by atoms with Crippen LogP contribution in [0.2, 0.25) is 0 Å². The summed E-state index contributed by atoms with van der Waals surface area (Å²) in [5, 5.41) is 3.53. The SMILES string of the molecule is CCNC(CN(C)C)C1CC1. The number of hydrogen-bond donors (Lipinski definition) is 1. The van der Waals surface area contributed by atoms with E-state index in [9.17, 15) is 0 Å². The van der Waals surface area contributed by atoms with Crippen LogP contribution in [0.4, 0.5) is 0 Å². The molecule has 0 spiro atoms. The molecule has 0 aromatic heterocycles. The van der Waals surface area contributed by atoms with E-state index in [0.717, 1.165) is 18.5 Å². The minimum atomic E-state index is 0.745. The first kappa shape index (κ1) is 9.01. The molecule has 1 aliphatic carbocycles. The quantitative estimate of drug-likeness (QED) is 0.637. The van der Waals surface area contributed by atoms with Gasteiger partial charge >= 0.3 is 0 Å². The summed E-state index contributed by atoms with van der Waals surface area (Å²) in [6, 6.07) is 0.745. The number of nitrogens with zero attached hydrogens (tertiary/aromatic N) is 1. The molecule has 1 N–H and O–H groups in total. The summed E-state index contributed by atoms with van der Waals surface area (Å²) >= 11 is 0. The fourth-order valence-electron chi connectivity index (χ4n) is 1.53. The molecular formula is C9H20N2. The standard InChI is InChI=1S/C9H20N2/c1-4-10-9(7-11(2)3)8-5-6-8/h8-10H,4-7H2,1-3H3. The summed E-state index contributed by atoms with van der Waals surface area (Å²) in [4.78, 5) is 2.27. The number of nitrogens with one attached hydrogen (secondary N) is 1. The van der Waals surface area contributed by atoms with Crippen molar-refractivity contribution >= 4 is 0 Å². The van der Waals surface area contributed by atoms with Gasteiger partial charge in [0, 0.05) is 12.6 Å². The zero-order valence-corrected chi connectivity index (χ0v) is 7.93. The van der Waals surface area contributed by atoms with Crippen LogP contribution in [0.25, 0.3) is 0 Å². The van der Waals surface area contributed by atoms with Crippen molar-refractivity contribution in [3.63, 3.8) is 0 Å². The lowest BCUT2D eigenvalue weighted by atomic mass is 10.2. The minimum absolute atomic E-state index is 0.745. The molecule has 1 saturated carbocycles. The predicted octanol–water partition coefficient (Wildman–Crippen LogP) is 0.936. The summed E-state index contributed by atoms with van der Waals surface area (Å²) in [5.74, 6) is 0.970. The highest BCUT2D eigenvalue weighted by Crippen LogP contribution is 2.32. The van der Waals surface area contributed by atoms with E-state index in [-0.39, 0.29) is 0 Å². The normalized spacial score (nSPS) is 20.7. The molecule has 0 aromatic carbocycles. The number of hydrogen-bond acceptors (Lipinski definition) is 2. The van der Waals surface area contributed by atoms with Crippen molar-refractivity contribution in [2.45, 2.75) is 25.8 Å². The van der Waals surface area contributed by atoms with E-state index >= 15 is 0 Å². The molecule has 1 aliphatic rings. The van der Waals surface area contributed by atoms with Gasteiger partial charge in [-0.1, -0.05) is 6.92 Å². The molecule has 1 atom stereocenters. The van der Waals surface area contributed by atoms with Gasteiger partial charge in [-0.3, -0.25) is 0 Å². The fraction of sp³-hybridized carbons (Fsp3) is 1.00. The van der Waals surface area contributed by atoms with Gasteiger partial charge in [0.15, 0.2) is 0 Å². The summed E-state index contributed by atoms with van der Waals surface area (Å²) in [6.07, 6.45) is 2.87. The third-order valence-corrected chi connectivity index (χ3v) is 2.22. The van der Waals surface area contributed by atoms with E-state index in [0.29, 0.717) is 0 Å². The van der Waals surface area contributed by atoms with Crippen LogP contribution in [0.15, 0.2) is 0 Å². The Labute approximate surface area is 70.0 Å². The maximum absolute atomic E-state index is 3.53. The Hall–Kier alpha value is -0.0800. The summed E-state index contributed by atoms with van der Waals surface area (Å²) in [5.41, 5.74) is 0. The van der Waals surface area contributed by atoms with Crippen LogP contribution in [0, 0.1) is 5.92 Å². The monoisotopic (exact) mass is 156 g/mol. The van der Waals surface area contributed by atoms with Gasteiger partial charge in [0.2, 0.25) is 0 Å². The van der Waals surface area contributed by atoms with Crippen LogP contribution in [0.1, 0.15) is 19.8 Å². The summed E-state index contributed by atoms with van der Waals surface area (Å²) in [6.45, 7) is 4.48. The van der Waals surface area contributed by atoms with E-state index in [2.05, 4.69) is 31.2 Å². The third-order valence-electron chi connectivity index (χ3n) is 2.22. The highest BCUT2D eigenvalue weighted by atomic mass is 15.1. The lowest BCUT2D eigenvalue weighted by Crippen LogP contribution is -2.39. The summed E-state index contributed by atoms with van der Waals surface area (Å²) in [7, 11) is 4.29. The second-order valence-corrected chi connectivity index (χ2v) is 3.76. The van der Waals surface area contributed by atoms with Gasteiger partial charge in [0.25, 0.3) is 0 Å². The first-order valence-electron chi connectivity index (χ1n) is 4.62. The molecule has 1 fully saturated rings. The maximum Gasteiger partial charge on any atom is 0.0222 e. The Morgan fingerprint density at radius 3 is 2.45 bits per heavy atom. The van der Waals surface area contributed by atoms with Gasteiger partial charge in [-0.15, -0.1) is 0 Å². The summed E-state index contributed by atoms with van der Waals surface area (Å²) < 4.78 is 0. The molecule has 0 bridgehead atoms. The first-order valence-corrected chi connectivity index (χ1v) is 4.62. The van der Waals surface area contributed by atoms with Crippen LogP contribution >= 0.6 is 0 Å². The number of likely N-dealkylation sites (N-methyl/N-ethyl adjacent to an activating group) is 2. The third kappa shape index (κ3) is 3.21. The van der Waals surface area contributed by atoms with Crippen molar-refractivity contribution in [1.29, 1.82) is 0 Å². The highest BCUT2D eigenvalue weighted by Gasteiger charge is 2.30. The minimum Gasteiger partial charge on any atom is -0.313 e. The van der Waals surface area contributed by atoms with Crippen LogP contribution in [0.3, 0.4) is 0 Å². The average molecular weight is 156 g/mol. The zero-order chi connectivity index (χ0) is 8.27. The second-order valence-electron chi connectivity index (χ2n) is 3.76. The molecule has 0 heterocycles. The van der Waals surface area contributed by atoms with E-state index in [1.165, 1.54) is 19.4 Å². The number of rotatable bonds is 5. The molecule has 0 amide bonds. The van der Waals surface area contributed by atoms with Gasteiger partial charge in [0.05, 0.1) is 0 Å². The van der Waals surface area contributed by atoms with Crippen molar-refractivity contribution in [2.24, 2.45) is 5.92 Å². The molecular weight excluding hydrogens is 136 g/mol. The van der Waals surface area contributed by atoms with E-state index < -0.39 is 0 Å². The molecule has 1 unspecified atom stereocenters. The van der Waals surface area contributed by atoms with Gasteiger partial charge in [-0.25, -0.2) is 0 Å². The predicted molar refractivity (Wildman–Crippen MR) is 48.7 cm³/mol. The van der Waals surface area contributed by atoms with E-state index in [4.69, 9.17) is 0 Å². The Bertz CT molecular complexity index is 108. The van der Waals surface area contributed by atoms with Gasteiger partial charge in [-0.05, 0) is 39.4 Å². The lowest BCUT2D eigenvalue weighted by Gasteiger charge is -2.21. The van der Waals surface area contributed by atoms with Crippen LogP contribution in [0.5, 0.6) is 0 Å². The Kier molecular flexibility index (Phi) is 3.34. The average Bonchev–Trinajstić information content (AvgIpc) is 2.66. The molecule has 0 aromatic rings. The molecule has 0 radical (unpaired) electrons. The van der Waals surface area contributed by atoms with E-state index in [1.54, 1.807) is 0 Å². The van der Waals surface area contributed by atoms with Crippen molar-refractivity contribution in [3.8, 4) is 0 Å². The van der Waals surface area contributed by atoms with Crippen molar-refractivity contribution in [3.05, 3.63) is 0 Å². The van der Waals surface area contributed by atoms with Crippen LogP contribution < -0.4 is 5.32 Å². The largest absolute Gasteiger partial charge is 0.313 e. The van der Waals surface area contributed by atoms with Crippen LogP contribution in [-0.2, 0) is 0 Å². The molecule has 66 valence electrons. The topological polar surface area (TPSA) is 15.3 Å². The van der Waals surface area contributed by atoms with Crippen molar-refractivity contribution in [2.75, 3.05) is 27.2 Å². The molecule has 2 nitrogen and oxygen atoms in total. The smallest absolute Gasteiger partial charge is 0.0222 e. The molecule has 2 heteroatoms. The highest BCUT2D eigenvalue weighted by molar-refractivity contribution is 4.87. The zero-order valence-electron chi connectivity index (χ0n) is 7.93. The fourth-order valence-corrected chi connectivity index (χ4v) is 1.53.